The number of hydrogen-bond donors (Lipinski definition) is 1. The van der Waals surface area contributed by atoms with Crippen LogP contribution in [0.1, 0.15) is 49.9 Å². The maximum Gasteiger partial charge on any atom is 0.347 e. The molecule has 1 N–H and O–H groups in total. The molecule has 0 bridgehead atoms. The van der Waals surface area contributed by atoms with Gasteiger partial charge in [-0.2, -0.15) is 0 Å². The van der Waals surface area contributed by atoms with Gasteiger partial charge in [-0.15, -0.1) is 0 Å². The summed E-state index contributed by atoms with van der Waals surface area (Å²) in [6.07, 6.45) is 2.21. The molecule has 9 nitrogen and oxygen atoms in total. The topological polar surface area (TPSA) is 117 Å². The number of carbonyl (C=O) groups is 2. The van der Waals surface area contributed by atoms with Gasteiger partial charge in [0.1, 0.15) is 24.2 Å². The van der Waals surface area contributed by atoms with E-state index in [4.69, 9.17) is 18.9 Å². The van der Waals surface area contributed by atoms with Crippen LogP contribution < -0.4 is 4.74 Å². The first-order valence-corrected chi connectivity index (χ1v) is 11.1. The summed E-state index contributed by atoms with van der Waals surface area (Å²) in [5.41, 5.74) is 1.13. The minimum absolute atomic E-state index is 0.0282. The number of carbonyl (C=O) groups excluding carboxylic acids is 2. The summed E-state index contributed by atoms with van der Waals surface area (Å²) in [6.45, 7) is 3.85. The quantitative estimate of drug-likeness (QED) is 0.508. The van der Waals surface area contributed by atoms with Crippen LogP contribution in [-0.4, -0.2) is 46.3 Å². The van der Waals surface area contributed by atoms with E-state index in [1.165, 1.54) is 13.0 Å². The van der Waals surface area contributed by atoms with Gasteiger partial charge in [0.15, 0.2) is 5.82 Å². The molecule has 1 aromatic heterocycles. The molecular formula is C22H25BrN2O7. The fourth-order valence-electron chi connectivity index (χ4n) is 3.27. The van der Waals surface area contributed by atoms with Crippen molar-refractivity contribution in [1.82, 2.24) is 9.97 Å². The molecule has 2 atom stereocenters. The lowest BCUT2D eigenvalue weighted by Gasteiger charge is -2.18. The number of halogens is 1. The predicted octanol–water partition coefficient (Wildman–Crippen LogP) is 3.41. The third kappa shape index (κ3) is 6.39. The Hall–Kier alpha value is -2.72. The van der Waals surface area contributed by atoms with Crippen molar-refractivity contribution < 1.29 is 33.6 Å². The predicted molar refractivity (Wildman–Crippen MR) is 116 cm³/mol. The maximum atomic E-state index is 12.2. The molecule has 1 aliphatic heterocycles. The van der Waals surface area contributed by atoms with E-state index in [1.54, 1.807) is 25.3 Å². The summed E-state index contributed by atoms with van der Waals surface area (Å²) in [6, 6.07) is 4.78. The minimum atomic E-state index is -1.17. The Morgan fingerprint density at radius 1 is 1.38 bits per heavy atom. The monoisotopic (exact) mass is 508 g/mol. The van der Waals surface area contributed by atoms with Crippen molar-refractivity contribution in [2.24, 2.45) is 0 Å². The van der Waals surface area contributed by atoms with Crippen LogP contribution in [0.2, 0.25) is 0 Å². The SMILES string of the molecule is CCOC(=O)C(Cc1cc(O)c(Br)cc1OCc1ccnc([C@@H]2CCCO2)n1)OC(C)=O. The average Bonchev–Trinajstić information content (AvgIpc) is 3.30. The number of hydrogen-bond acceptors (Lipinski definition) is 9. The zero-order valence-corrected chi connectivity index (χ0v) is 19.5. The van der Waals surface area contributed by atoms with E-state index in [-0.39, 0.29) is 31.5 Å². The maximum absolute atomic E-state index is 12.2. The molecule has 1 fully saturated rings. The van der Waals surface area contributed by atoms with Gasteiger partial charge in [-0.25, -0.2) is 14.8 Å². The molecule has 1 aromatic carbocycles. The highest BCUT2D eigenvalue weighted by molar-refractivity contribution is 9.10. The number of ether oxygens (including phenoxy) is 4. The molecule has 1 unspecified atom stereocenters. The van der Waals surface area contributed by atoms with Gasteiger partial charge in [0.05, 0.1) is 16.8 Å². The molecule has 32 heavy (non-hydrogen) atoms. The number of benzene rings is 1. The van der Waals surface area contributed by atoms with E-state index in [0.29, 0.717) is 33.9 Å². The molecule has 0 radical (unpaired) electrons. The zero-order chi connectivity index (χ0) is 23.1. The van der Waals surface area contributed by atoms with Crippen LogP contribution >= 0.6 is 15.9 Å². The number of esters is 2. The van der Waals surface area contributed by atoms with E-state index in [1.807, 2.05) is 0 Å². The minimum Gasteiger partial charge on any atom is -0.507 e. The Labute approximate surface area is 194 Å². The Morgan fingerprint density at radius 3 is 2.88 bits per heavy atom. The van der Waals surface area contributed by atoms with Crippen LogP contribution in [0.25, 0.3) is 0 Å². The Kier molecular flexibility index (Phi) is 8.40. The molecule has 1 aliphatic rings. The molecule has 172 valence electrons. The van der Waals surface area contributed by atoms with Crippen molar-refractivity contribution in [2.45, 2.75) is 51.9 Å². The van der Waals surface area contributed by atoms with Crippen molar-refractivity contribution in [3.63, 3.8) is 0 Å². The number of nitrogens with zero attached hydrogens (tertiary/aromatic N) is 2. The number of phenolic OH excluding ortho intramolecular Hbond substituents is 1. The first-order chi connectivity index (χ1) is 15.4. The third-order valence-corrected chi connectivity index (χ3v) is 5.35. The normalized spacial score (nSPS) is 16.4. The lowest BCUT2D eigenvalue weighted by Crippen LogP contribution is -2.30. The summed E-state index contributed by atoms with van der Waals surface area (Å²) in [5.74, 6) is -0.315. The molecule has 2 aromatic rings. The molecule has 1 saturated heterocycles. The second kappa shape index (κ2) is 11.2. The van der Waals surface area contributed by atoms with Crippen LogP contribution in [0, 0.1) is 0 Å². The fourth-order valence-corrected chi connectivity index (χ4v) is 3.59. The Bertz CT molecular complexity index is 963. The summed E-state index contributed by atoms with van der Waals surface area (Å²) >= 11 is 3.27. The number of aromatic nitrogens is 2. The lowest BCUT2D eigenvalue weighted by atomic mass is 10.1. The molecular weight excluding hydrogens is 484 g/mol. The second-order valence-corrected chi connectivity index (χ2v) is 8.02. The van der Waals surface area contributed by atoms with Crippen LogP contribution in [0.5, 0.6) is 11.5 Å². The van der Waals surface area contributed by atoms with Gasteiger partial charge in [0.2, 0.25) is 6.10 Å². The first-order valence-electron chi connectivity index (χ1n) is 10.3. The van der Waals surface area contributed by atoms with Gasteiger partial charge in [-0.1, -0.05) is 0 Å². The van der Waals surface area contributed by atoms with Crippen molar-refractivity contribution in [3.8, 4) is 11.5 Å². The highest BCUT2D eigenvalue weighted by Crippen LogP contribution is 2.34. The molecule has 2 heterocycles. The van der Waals surface area contributed by atoms with E-state index in [9.17, 15) is 14.7 Å². The van der Waals surface area contributed by atoms with Crippen molar-refractivity contribution in [2.75, 3.05) is 13.2 Å². The van der Waals surface area contributed by atoms with Crippen molar-refractivity contribution in [1.29, 1.82) is 0 Å². The Balaban J connectivity index is 1.79. The van der Waals surface area contributed by atoms with E-state index in [0.717, 1.165) is 12.8 Å². The van der Waals surface area contributed by atoms with Crippen LogP contribution in [0.15, 0.2) is 28.9 Å². The van der Waals surface area contributed by atoms with Gasteiger partial charge in [0.25, 0.3) is 0 Å². The summed E-state index contributed by atoms with van der Waals surface area (Å²) in [4.78, 5) is 32.5. The number of phenols is 1. The molecule has 3 rings (SSSR count). The highest BCUT2D eigenvalue weighted by atomic mass is 79.9. The summed E-state index contributed by atoms with van der Waals surface area (Å²) < 4.78 is 22.1. The molecule has 0 aliphatic carbocycles. The van der Waals surface area contributed by atoms with Gasteiger partial charge >= 0.3 is 11.9 Å². The number of aromatic hydroxyl groups is 1. The third-order valence-electron chi connectivity index (χ3n) is 4.72. The lowest BCUT2D eigenvalue weighted by molar-refractivity contribution is -0.166. The van der Waals surface area contributed by atoms with Gasteiger partial charge in [-0.05, 0) is 53.9 Å². The molecule has 10 heteroatoms. The largest absolute Gasteiger partial charge is 0.507 e. The van der Waals surface area contributed by atoms with Crippen LogP contribution in [0.4, 0.5) is 0 Å². The van der Waals surface area contributed by atoms with Gasteiger partial charge in [0, 0.05) is 31.7 Å². The molecule has 0 spiro atoms. The summed E-state index contributed by atoms with van der Waals surface area (Å²) in [5, 5.41) is 10.1. The van der Waals surface area contributed by atoms with Crippen molar-refractivity contribution in [3.05, 3.63) is 46.0 Å². The van der Waals surface area contributed by atoms with Crippen molar-refractivity contribution >= 4 is 27.9 Å². The van der Waals surface area contributed by atoms with Crippen LogP contribution in [0.3, 0.4) is 0 Å². The second-order valence-electron chi connectivity index (χ2n) is 7.16. The zero-order valence-electron chi connectivity index (χ0n) is 17.9. The van der Waals surface area contributed by atoms with Gasteiger partial charge < -0.3 is 24.1 Å². The van der Waals surface area contributed by atoms with Crippen LogP contribution in [-0.2, 0) is 36.8 Å². The number of rotatable bonds is 9. The molecule has 0 saturated carbocycles. The smallest absolute Gasteiger partial charge is 0.347 e. The van der Waals surface area contributed by atoms with E-state index >= 15 is 0 Å². The van der Waals surface area contributed by atoms with Gasteiger partial charge in [-0.3, -0.25) is 4.79 Å². The van der Waals surface area contributed by atoms with E-state index in [2.05, 4.69) is 25.9 Å². The highest BCUT2D eigenvalue weighted by Gasteiger charge is 2.26. The summed E-state index contributed by atoms with van der Waals surface area (Å²) in [7, 11) is 0. The fraction of sp³-hybridized carbons (Fsp3) is 0.455. The average molecular weight is 509 g/mol. The molecule has 0 amide bonds. The van der Waals surface area contributed by atoms with E-state index < -0.39 is 18.0 Å². The first kappa shape index (κ1) is 23.9. The Morgan fingerprint density at radius 2 is 2.19 bits per heavy atom. The standard InChI is InChI=1S/C22H25BrN2O7/c1-3-29-22(28)20(32-13(2)26)10-14-9-17(27)16(23)11-19(14)31-12-15-6-7-24-21(25-15)18-5-4-8-30-18/h6-7,9,11,18,20,27H,3-5,8,10,12H2,1-2H3/t18-,20?/m0/s1.